The van der Waals surface area contributed by atoms with Crippen molar-refractivity contribution in [1.29, 1.82) is 0 Å². The van der Waals surface area contributed by atoms with E-state index < -0.39 is 30.8 Å². The van der Waals surface area contributed by atoms with Crippen LogP contribution in [0.1, 0.15) is 17.2 Å². The molecule has 2 aromatic heterocycles. The minimum atomic E-state index is -2.82. The van der Waals surface area contributed by atoms with Crippen LogP contribution in [-0.4, -0.2) is 29.4 Å². The first-order valence-electron chi connectivity index (χ1n) is 6.83. The lowest BCUT2D eigenvalue weighted by molar-refractivity contribution is -0.123. The molecule has 1 aliphatic heterocycles. The third-order valence-corrected chi connectivity index (χ3v) is 4.17. The van der Waals surface area contributed by atoms with Crippen molar-refractivity contribution in [3.8, 4) is 11.5 Å². The van der Waals surface area contributed by atoms with Crippen LogP contribution in [0.15, 0.2) is 21.9 Å². The third-order valence-electron chi connectivity index (χ3n) is 3.40. The topological polar surface area (TPSA) is 67.2 Å². The van der Waals surface area contributed by atoms with Crippen LogP contribution in [0.2, 0.25) is 0 Å². The second-order valence-corrected chi connectivity index (χ2v) is 6.29. The summed E-state index contributed by atoms with van der Waals surface area (Å²) in [5.41, 5.74) is 0.747. The normalized spacial score (nSPS) is 18.5. The van der Waals surface area contributed by atoms with Crippen molar-refractivity contribution in [3.63, 3.8) is 0 Å². The molecule has 1 amide bonds. The zero-order chi connectivity index (χ0) is 15.7. The van der Waals surface area contributed by atoms with Crippen molar-refractivity contribution in [1.82, 2.24) is 15.6 Å². The Hall–Kier alpha value is -1.22. The highest BCUT2D eigenvalue weighted by Gasteiger charge is 2.42. The third kappa shape index (κ3) is 4.89. The van der Waals surface area contributed by atoms with E-state index in [1.54, 1.807) is 12.1 Å². The van der Waals surface area contributed by atoms with Gasteiger partial charge in [0.05, 0.1) is 24.1 Å². The summed E-state index contributed by atoms with van der Waals surface area (Å²) in [6.07, 6.45) is -0.472. The monoisotopic (exact) mass is 399 g/mol. The number of thiazole rings is 1. The molecular weight excluding hydrogens is 383 g/mol. The molecule has 0 bridgehead atoms. The molecular formula is C14H17Cl2F2N3O2S. The largest absolute Gasteiger partial charge is 0.458 e. The highest BCUT2D eigenvalue weighted by atomic mass is 35.5. The molecule has 3 heterocycles. The quantitative estimate of drug-likeness (QED) is 0.828. The number of aryl methyl sites for hydroxylation is 1. The van der Waals surface area contributed by atoms with Crippen LogP contribution < -0.4 is 10.6 Å². The van der Waals surface area contributed by atoms with E-state index in [9.17, 15) is 13.6 Å². The first-order chi connectivity index (χ1) is 10.4. The molecule has 1 unspecified atom stereocenters. The lowest BCUT2D eigenvalue weighted by Gasteiger charge is -2.10. The summed E-state index contributed by atoms with van der Waals surface area (Å²) < 4.78 is 31.7. The van der Waals surface area contributed by atoms with Crippen LogP contribution in [0.4, 0.5) is 8.78 Å². The standard InChI is InChI=1S/C14H15F2N3O2S.2ClH/c1-8-19-11(6-22-8)12-3-2-9(21-12)5-17-13(20)10-4-14(15,16)7-18-10;;/h2-3,6,10,18H,4-5,7H2,1H3,(H,17,20);2*1H. The van der Waals surface area contributed by atoms with Gasteiger partial charge in [-0.1, -0.05) is 0 Å². The zero-order valence-electron chi connectivity index (χ0n) is 12.7. The van der Waals surface area contributed by atoms with E-state index in [4.69, 9.17) is 4.42 Å². The van der Waals surface area contributed by atoms with Gasteiger partial charge in [0, 0.05) is 11.8 Å². The predicted molar refractivity (Wildman–Crippen MR) is 92.3 cm³/mol. The van der Waals surface area contributed by atoms with Gasteiger partial charge in [-0.25, -0.2) is 13.8 Å². The fourth-order valence-electron chi connectivity index (χ4n) is 2.29. The Bertz CT molecular complexity index is 693. The van der Waals surface area contributed by atoms with Gasteiger partial charge in [-0.05, 0) is 19.1 Å². The van der Waals surface area contributed by atoms with Crippen LogP contribution in [0.5, 0.6) is 0 Å². The van der Waals surface area contributed by atoms with Crippen molar-refractivity contribution in [3.05, 3.63) is 28.3 Å². The maximum Gasteiger partial charge on any atom is 0.262 e. The van der Waals surface area contributed by atoms with Gasteiger partial charge in [-0.3, -0.25) is 10.1 Å². The molecule has 2 aromatic rings. The number of nitrogens with one attached hydrogen (secondary N) is 2. The van der Waals surface area contributed by atoms with Gasteiger partial charge in [-0.15, -0.1) is 36.2 Å². The summed E-state index contributed by atoms with van der Waals surface area (Å²) in [6, 6.07) is 2.66. The number of alkyl halides is 2. The number of hydrogen-bond acceptors (Lipinski definition) is 5. The summed E-state index contributed by atoms with van der Waals surface area (Å²) in [4.78, 5) is 16.1. The summed E-state index contributed by atoms with van der Waals surface area (Å²) in [7, 11) is 0. The second kappa shape index (κ2) is 8.24. The number of carbonyl (C=O) groups excluding carboxylic acids is 1. The van der Waals surface area contributed by atoms with Crippen molar-refractivity contribution < 1.29 is 18.0 Å². The molecule has 134 valence electrons. The number of carbonyl (C=O) groups is 1. The molecule has 1 atom stereocenters. The molecule has 5 nitrogen and oxygen atoms in total. The van der Waals surface area contributed by atoms with Crippen molar-refractivity contribution in [2.75, 3.05) is 6.54 Å². The smallest absolute Gasteiger partial charge is 0.262 e. The van der Waals surface area contributed by atoms with E-state index in [0.29, 0.717) is 11.5 Å². The average Bonchev–Trinajstić information content (AvgIpc) is 3.15. The number of halogens is 4. The van der Waals surface area contributed by atoms with Crippen LogP contribution >= 0.6 is 36.2 Å². The Kier molecular flexibility index (Phi) is 7.15. The van der Waals surface area contributed by atoms with Gasteiger partial charge in [0.25, 0.3) is 5.92 Å². The molecule has 10 heteroatoms. The number of rotatable bonds is 4. The van der Waals surface area contributed by atoms with Crippen molar-refractivity contribution >= 4 is 42.1 Å². The SMILES string of the molecule is Cc1nc(-c2ccc(CNC(=O)C3CC(F)(F)CN3)o2)cs1.Cl.Cl. The highest BCUT2D eigenvalue weighted by molar-refractivity contribution is 7.09. The van der Waals surface area contributed by atoms with E-state index in [0.717, 1.165) is 10.7 Å². The van der Waals surface area contributed by atoms with Gasteiger partial charge < -0.3 is 9.73 Å². The van der Waals surface area contributed by atoms with Crippen LogP contribution in [0.25, 0.3) is 11.5 Å². The van der Waals surface area contributed by atoms with E-state index in [1.807, 2.05) is 12.3 Å². The molecule has 1 saturated heterocycles. The van der Waals surface area contributed by atoms with Gasteiger partial charge in [0.2, 0.25) is 5.91 Å². The lowest BCUT2D eigenvalue weighted by atomic mass is 10.2. The molecule has 24 heavy (non-hydrogen) atoms. The molecule has 1 aliphatic rings. The van der Waals surface area contributed by atoms with Crippen LogP contribution in [0.3, 0.4) is 0 Å². The fourth-order valence-corrected chi connectivity index (χ4v) is 2.89. The fraction of sp³-hybridized carbons (Fsp3) is 0.429. The van der Waals surface area contributed by atoms with E-state index in [2.05, 4.69) is 15.6 Å². The number of aromatic nitrogens is 1. The molecule has 3 rings (SSSR count). The van der Waals surface area contributed by atoms with Crippen LogP contribution in [0, 0.1) is 6.92 Å². The number of nitrogens with zero attached hydrogens (tertiary/aromatic N) is 1. The minimum absolute atomic E-state index is 0. The predicted octanol–water partition coefficient (Wildman–Crippen LogP) is 3.17. The van der Waals surface area contributed by atoms with Crippen molar-refractivity contribution in [2.45, 2.75) is 31.9 Å². The first kappa shape index (κ1) is 20.8. The molecule has 0 spiro atoms. The summed E-state index contributed by atoms with van der Waals surface area (Å²) in [5, 5.41) is 7.95. The molecule has 1 fully saturated rings. The Balaban J connectivity index is 0.00000144. The molecule has 0 aromatic carbocycles. The van der Waals surface area contributed by atoms with Gasteiger partial charge in [-0.2, -0.15) is 0 Å². The van der Waals surface area contributed by atoms with E-state index in [-0.39, 0.29) is 31.4 Å². The number of amides is 1. The second-order valence-electron chi connectivity index (χ2n) is 5.23. The van der Waals surface area contributed by atoms with Crippen molar-refractivity contribution in [2.24, 2.45) is 0 Å². The Morgan fingerprint density at radius 2 is 2.25 bits per heavy atom. The number of furan rings is 1. The highest BCUT2D eigenvalue weighted by Crippen LogP contribution is 2.26. The summed E-state index contributed by atoms with van der Waals surface area (Å²) in [5.74, 6) is -2.08. The zero-order valence-corrected chi connectivity index (χ0v) is 15.1. The van der Waals surface area contributed by atoms with Gasteiger partial charge in [0.1, 0.15) is 11.5 Å². The Labute approximate surface area is 154 Å². The van der Waals surface area contributed by atoms with Gasteiger partial charge >= 0.3 is 0 Å². The number of hydrogen-bond donors (Lipinski definition) is 2. The minimum Gasteiger partial charge on any atom is -0.458 e. The molecule has 0 aliphatic carbocycles. The Morgan fingerprint density at radius 3 is 2.83 bits per heavy atom. The summed E-state index contributed by atoms with van der Waals surface area (Å²) in [6.45, 7) is 1.60. The first-order valence-corrected chi connectivity index (χ1v) is 7.71. The summed E-state index contributed by atoms with van der Waals surface area (Å²) >= 11 is 1.52. The Morgan fingerprint density at radius 1 is 1.50 bits per heavy atom. The molecule has 0 saturated carbocycles. The average molecular weight is 400 g/mol. The maximum absolute atomic E-state index is 13.0. The van der Waals surface area contributed by atoms with E-state index in [1.165, 1.54) is 11.3 Å². The van der Waals surface area contributed by atoms with Gasteiger partial charge in [0.15, 0.2) is 5.76 Å². The lowest BCUT2D eigenvalue weighted by Crippen LogP contribution is -2.39. The van der Waals surface area contributed by atoms with Crippen LogP contribution in [-0.2, 0) is 11.3 Å². The molecule has 2 N–H and O–H groups in total. The maximum atomic E-state index is 13.0. The van der Waals surface area contributed by atoms with E-state index >= 15 is 0 Å². The molecule has 0 radical (unpaired) electrons.